The van der Waals surface area contributed by atoms with Gasteiger partial charge in [-0.15, -0.1) is 0 Å². The molecule has 3 aromatic rings. The lowest BCUT2D eigenvalue weighted by molar-refractivity contribution is 0.171. The molecule has 8 nitrogen and oxygen atoms in total. The molecule has 2 aromatic carbocycles. The number of rotatable bonds is 6. The maximum Gasteiger partial charge on any atom is 0.315 e. The average molecular weight is 408 g/mol. The number of hydrogen-bond acceptors (Lipinski definition) is 5. The third-order valence-electron chi connectivity index (χ3n) is 4.88. The molecule has 2 amide bonds. The number of imidazole rings is 1. The molecule has 4 rings (SSSR count). The van der Waals surface area contributed by atoms with Gasteiger partial charge in [-0.2, -0.15) is 0 Å². The predicted octanol–water partition coefficient (Wildman–Crippen LogP) is 2.79. The van der Waals surface area contributed by atoms with Crippen LogP contribution in [0, 0.1) is 0 Å². The molecule has 30 heavy (non-hydrogen) atoms. The summed E-state index contributed by atoms with van der Waals surface area (Å²) in [6.07, 6.45) is 3.55. The van der Waals surface area contributed by atoms with E-state index >= 15 is 0 Å². The quantitative estimate of drug-likeness (QED) is 0.655. The Labute approximate surface area is 174 Å². The Morgan fingerprint density at radius 3 is 2.80 bits per heavy atom. The molecule has 0 saturated heterocycles. The number of amides is 2. The maximum atomic E-state index is 12.7. The summed E-state index contributed by atoms with van der Waals surface area (Å²) in [7, 11) is 3.51. The van der Waals surface area contributed by atoms with E-state index in [1.807, 2.05) is 60.3 Å². The summed E-state index contributed by atoms with van der Waals surface area (Å²) in [5, 5.41) is 5.92. The third kappa shape index (κ3) is 4.32. The minimum absolute atomic E-state index is 0.305. The van der Waals surface area contributed by atoms with Crippen molar-refractivity contribution in [1.29, 1.82) is 0 Å². The first-order valence-electron chi connectivity index (χ1n) is 9.68. The van der Waals surface area contributed by atoms with Crippen molar-refractivity contribution in [3.8, 4) is 17.2 Å². The number of nitrogens with zero attached hydrogens (tertiary/aromatic N) is 2. The van der Waals surface area contributed by atoms with E-state index in [0.29, 0.717) is 31.3 Å². The molecule has 1 atom stereocenters. The molecule has 0 aliphatic carbocycles. The van der Waals surface area contributed by atoms with E-state index in [4.69, 9.17) is 14.2 Å². The molecule has 2 N–H and O–H groups in total. The first-order chi connectivity index (χ1) is 14.6. The smallest absolute Gasteiger partial charge is 0.315 e. The molecule has 2 heterocycles. The highest BCUT2D eigenvalue weighted by atomic mass is 16.6. The van der Waals surface area contributed by atoms with Crippen LogP contribution in [0.1, 0.15) is 23.0 Å². The van der Waals surface area contributed by atoms with Crippen LogP contribution in [0.3, 0.4) is 0 Å². The van der Waals surface area contributed by atoms with E-state index in [1.165, 1.54) is 0 Å². The van der Waals surface area contributed by atoms with Crippen molar-refractivity contribution in [3.63, 3.8) is 0 Å². The molecular formula is C22H24N4O4. The number of carbonyl (C=O) groups excluding carboxylic acids is 1. The Kier molecular flexibility index (Phi) is 5.74. The monoisotopic (exact) mass is 408 g/mol. The molecule has 1 aliphatic heterocycles. The highest BCUT2D eigenvalue weighted by molar-refractivity contribution is 5.75. The van der Waals surface area contributed by atoms with E-state index in [-0.39, 0.29) is 6.03 Å². The number of hydrogen-bond donors (Lipinski definition) is 2. The Morgan fingerprint density at radius 1 is 1.20 bits per heavy atom. The van der Waals surface area contributed by atoms with E-state index in [9.17, 15) is 4.79 Å². The van der Waals surface area contributed by atoms with Crippen molar-refractivity contribution in [2.45, 2.75) is 12.6 Å². The molecule has 1 aromatic heterocycles. The van der Waals surface area contributed by atoms with Crippen LogP contribution in [0.5, 0.6) is 17.2 Å². The van der Waals surface area contributed by atoms with Crippen molar-refractivity contribution < 1.29 is 19.0 Å². The fourth-order valence-electron chi connectivity index (χ4n) is 3.34. The summed E-state index contributed by atoms with van der Waals surface area (Å²) >= 11 is 0. The second-order valence-electron chi connectivity index (χ2n) is 6.91. The van der Waals surface area contributed by atoms with Crippen molar-refractivity contribution in [2.75, 3.05) is 20.3 Å². The number of fused-ring (bicyclic) bond motifs is 1. The second-order valence-corrected chi connectivity index (χ2v) is 6.91. The van der Waals surface area contributed by atoms with Gasteiger partial charge in [-0.3, -0.25) is 0 Å². The molecule has 0 spiro atoms. The first-order valence-corrected chi connectivity index (χ1v) is 9.68. The lowest BCUT2D eigenvalue weighted by atomic mass is 10.1. The zero-order chi connectivity index (χ0) is 20.9. The topological polar surface area (TPSA) is 86.6 Å². The van der Waals surface area contributed by atoms with Gasteiger partial charge in [-0.05, 0) is 35.4 Å². The highest BCUT2D eigenvalue weighted by Crippen LogP contribution is 2.30. The molecule has 0 bridgehead atoms. The summed E-state index contributed by atoms with van der Waals surface area (Å²) in [5.41, 5.74) is 1.79. The van der Waals surface area contributed by atoms with Gasteiger partial charge < -0.3 is 29.4 Å². The van der Waals surface area contributed by atoms with Crippen molar-refractivity contribution in [2.24, 2.45) is 7.05 Å². The number of benzene rings is 2. The van der Waals surface area contributed by atoms with Crippen molar-refractivity contribution >= 4 is 6.03 Å². The second kappa shape index (κ2) is 8.77. The minimum Gasteiger partial charge on any atom is -0.497 e. The van der Waals surface area contributed by atoms with Crippen LogP contribution in [0.2, 0.25) is 0 Å². The predicted molar refractivity (Wildman–Crippen MR) is 111 cm³/mol. The number of methoxy groups -OCH3 is 1. The number of urea groups is 1. The van der Waals surface area contributed by atoms with Gasteiger partial charge in [-0.25, -0.2) is 9.78 Å². The van der Waals surface area contributed by atoms with Gasteiger partial charge in [-0.1, -0.05) is 18.2 Å². The number of carbonyl (C=O) groups is 1. The molecule has 0 fully saturated rings. The number of aryl methyl sites for hydroxylation is 1. The van der Waals surface area contributed by atoms with E-state index < -0.39 is 6.04 Å². The van der Waals surface area contributed by atoms with E-state index in [0.717, 1.165) is 22.7 Å². The summed E-state index contributed by atoms with van der Waals surface area (Å²) in [6.45, 7) is 1.43. The van der Waals surface area contributed by atoms with Crippen LogP contribution in [0.4, 0.5) is 4.79 Å². The number of aromatic nitrogens is 2. The van der Waals surface area contributed by atoms with Crippen LogP contribution in [-0.2, 0) is 13.6 Å². The zero-order valence-electron chi connectivity index (χ0n) is 16.9. The summed E-state index contributed by atoms with van der Waals surface area (Å²) in [6, 6.07) is 12.5. The third-order valence-corrected chi connectivity index (χ3v) is 4.88. The normalized spacial score (nSPS) is 13.4. The number of nitrogens with one attached hydrogen (secondary N) is 2. The van der Waals surface area contributed by atoms with Gasteiger partial charge in [0.1, 0.15) is 30.8 Å². The molecule has 0 saturated carbocycles. The first kappa shape index (κ1) is 19.6. The SMILES string of the molecule is COc1cccc(C(NC(=O)NCc2ccc3c(c2)OCCO3)c2nccn2C)c1. The summed E-state index contributed by atoms with van der Waals surface area (Å²) in [4.78, 5) is 17.1. The molecule has 0 radical (unpaired) electrons. The van der Waals surface area contributed by atoms with E-state index in [1.54, 1.807) is 13.3 Å². The Hall–Kier alpha value is -3.68. The van der Waals surface area contributed by atoms with Gasteiger partial charge in [0, 0.05) is 26.0 Å². The van der Waals surface area contributed by atoms with Gasteiger partial charge in [0.2, 0.25) is 0 Å². The average Bonchev–Trinajstić information content (AvgIpc) is 3.21. The molecule has 1 aliphatic rings. The van der Waals surface area contributed by atoms with Crippen LogP contribution in [0.25, 0.3) is 0 Å². The standard InChI is InChI=1S/C22H24N4O4/c1-26-9-8-23-21(26)20(16-4-3-5-17(13-16)28-2)25-22(27)24-14-15-6-7-18-19(12-15)30-11-10-29-18/h3-9,12-13,20H,10-11,14H2,1-2H3,(H2,24,25,27). The Morgan fingerprint density at radius 2 is 2.03 bits per heavy atom. The Bertz CT molecular complexity index is 1030. The van der Waals surface area contributed by atoms with E-state index in [2.05, 4.69) is 15.6 Å². The van der Waals surface area contributed by atoms with Crippen LogP contribution in [0.15, 0.2) is 54.9 Å². The lowest BCUT2D eigenvalue weighted by Gasteiger charge is -2.21. The summed E-state index contributed by atoms with van der Waals surface area (Å²) in [5.74, 6) is 2.86. The largest absolute Gasteiger partial charge is 0.497 e. The lowest BCUT2D eigenvalue weighted by Crippen LogP contribution is -2.39. The summed E-state index contributed by atoms with van der Waals surface area (Å²) < 4.78 is 18.3. The van der Waals surface area contributed by atoms with Gasteiger partial charge in [0.25, 0.3) is 0 Å². The fourth-order valence-corrected chi connectivity index (χ4v) is 3.34. The molecule has 8 heteroatoms. The van der Waals surface area contributed by atoms with Crippen molar-refractivity contribution in [3.05, 3.63) is 71.8 Å². The molecule has 156 valence electrons. The fraction of sp³-hybridized carbons (Fsp3) is 0.273. The maximum absolute atomic E-state index is 12.7. The molecule has 1 unspecified atom stereocenters. The number of ether oxygens (including phenoxy) is 3. The van der Waals surface area contributed by atoms with Crippen LogP contribution < -0.4 is 24.8 Å². The van der Waals surface area contributed by atoms with Gasteiger partial charge >= 0.3 is 6.03 Å². The zero-order valence-corrected chi connectivity index (χ0v) is 16.9. The minimum atomic E-state index is -0.430. The molecular weight excluding hydrogens is 384 g/mol. The van der Waals surface area contributed by atoms with Crippen LogP contribution in [-0.4, -0.2) is 35.9 Å². The van der Waals surface area contributed by atoms with Crippen LogP contribution >= 0.6 is 0 Å². The van der Waals surface area contributed by atoms with Gasteiger partial charge in [0.05, 0.1) is 7.11 Å². The highest BCUT2D eigenvalue weighted by Gasteiger charge is 2.21. The van der Waals surface area contributed by atoms with Crippen molar-refractivity contribution in [1.82, 2.24) is 20.2 Å². The van der Waals surface area contributed by atoms with Gasteiger partial charge in [0.15, 0.2) is 11.5 Å². The Balaban J connectivity index is 1.47.